The number of rotatable bonds is 3. The van der Waals surface area contributed by atoms with Crippen molar-refractivity contribution in [3.05, 3.63) is 23.8 Å². The Morgan fingerprint density at radius 2 is 2.04 bits per heavy atom. The molecule has 0 aromatic heterocycles. The van der Waals surface area contributed by atoms with Crippen molar-refractivity contribution in [2.75, 3.05) is 38.2 Å². The lowest BCUT2D eigenvalue weighted by atomic mass is 10.0. The highest BCUT2D eigenvalue weighted by molar-refractivity contribution is 5.96. The maximum Gasteiger partial charge on any atom is 0.241 e. The Labute approximate surface area is 144 Å². The smallest absolute Gasteiger partial charge is 0.241 e. The topological polar surface area (TPSA) is 58.8 Å². The summed E-state index contributed by atoms with van der Waals surface area (Å²) in [5.41, 5.74) is 8.18. The molecule has 0 radical (unpaired) electrons. The molecule has 6 heteroatoms. The molecule has 128 valence electrons. The third kappa shape index (κ3) is 4.16. The van der Waals surface area contributed by atoms with E-state index in [4.69, 9.17) is 10.5 Å². The van der Waals surface area contributed by atoms with Gasteiger partial charge in [-0.25, -0.2) is 0 Å². The van der Waals surface area contributed by atoms with Crippen molar-refractivity contribution in [2.24, 2.45) is 5.73 Å². The molecule has 0 spiro atoms. The number of nitrogens with two attached hydrogens (primary N) is 1. The summed E-state index contributed by atoms with van der Waals surface area (Å²) in [5, 5.41) is 0. The minimum atomic E-state index is 0. The number of carbonyl (C=O) groups excluding carboxylic acids is 1. The van der Waals surface area contributed by atoms with Crippen LogP contribution in [0.25, 0.3) is 0 Å². The first kappa shape index (κ1) is 18.0. The summed E-state index contributed by atoms with van der Waals surface area (Å²) in [6, 6.07) is 6.30. The third-order valence-corrected chi connectivity index (χ3v) is 4.70. The number of methoxy groups -OCH3 is 1. The van der Waals surface area contributed by atoms with Crippen LogP contribution in [0.4, 0.5) is 5.69 Å². The minimum absolute atomic E-state index is 0. The molecule has 2 aliphatic heterocycles. The van der Waals surface area contributed by atoms with Gasteiger partial charge in [-0.3, -0.25) is 9.69 Å². The summed E-state index contributed by atoms with van der Waals surface area (Å²) in [5.74, 6) is 1.06. The van der Waals surface area contributed by atoms with E-state index in [2.05, 4.69) is 11.0 Å². The summed E-state index contributed by atoms with van der Waals surface area (Å²) in [6.45, 7) is 3.16. The van der Waals surface area contributed by atoms with Crippen molar-refractivity contribution in [1.29, 1.82) is 0 Å². The second-order valence-electron chi connectivity index (χ2n) is 6.26. The molecule has 5 nitrogen and oxygen atoms in total. The predicted octanol–water partition coefficient (Wildman–Crippen LogP) is 1.82. The van der Waals surface area contributed by atoms with E-state index in [0.29, 0.717) is 12.6 Å². The predicted molar refractivity (Wildman–Crippen MR) is 94.6 cm³/mol. The van der Waals surface area contributed by atoms with Crippen molar-refractivity contribution in [2.45, 2.75) is 31.7 Å². The monoisotopic (exact) mass is 339 g/mol. The Balaban J connectivity index is 0.00000192. The summed E-state index contributed by atoms with van der Waals surface area (Å²) >= 11 is 0. The fourth-order valence-corrected chi connectivity index (χ4v) is 3.35. The number of halogens is 1. The second-order valence-corrected chi connectivity index (χ2v) is 6.26. The van der Waals surface area contributed by atoms with Crippen LogP contribution in [-0.2, 0) is 11.2 Å². The maximum absolute atomic E-state index is 12.7. The van der Waals surface area contributed by atoms with Crippen LogP contribution < -0.4 is 15.4 Å². The number of anilines is 1. The molecule has 1 aromatic carbocycles. The SMILES string of the molecule is COc1ccc2c(c1)CCCN2C(=O)CN1CCC(N)CC1.Cl. The normalized spacial score (nSPS) is 19.0. The molecule has 1 saturated heterocycles. The Kier molecular flexibility index (Phi) is 6.27. The van der Waals surface area contributed by atoms with Crippen molar-refractivity contribution in [3.63, 3.8) is 0 Å². The van der Waals surface area contributed by atoms with Gasteiger partial charge in [0.15, 0.2) is 0 Å². The summed E-state index contributed by atoms with van der Waals surface area (Å²) in [7, 11) is 1.68. The van der Waals surface area contributed by atoms with E-state index in [1.54, 1.807) is 7.11 Å². The molecule has 2 heterocycles. The Hall–Kier alpha value is -1.30. The van der Waals surface area contributed by atoms with E-state index in [1.165, 1.54) is 5.56 Å². The number of benzene rings is 1. The average molecular weight is 340 g/mol. The van der Waals surface area contributed by atoms with Crippen LogP contribution >= 0.6 is 12.4 Å². The molecule has 1 amide bonds. The molecule has 0 saturated carbocycles. The molecule has 0 unspecified atom stereocenters. The Morgan fingerprint density at radius 3 is 2.74 bits per heavy atom. The third-order valence-electron chi connectivity index (χ3n) is 4.70. The number of piperidine rings is 1. The lowest BCUT2D eigenvalue weighted by Crippen LogP contribution is -2.47. The number of hydrogen-bond donors (Lipinski definition) is 1. The van der Waals surface area contributed by atoms with Gasteiger partial charge in [-0.15, -0.1) is 12.4 Å². The van der Waals surface area contributed by atoms with E-state index >= 15 is 0 Å². The fraction of sp³-hybridized carbons (Fsp3) is 0.588. The van der Waals surface area contributed by atoms with Crippen molar-refractivity contribution in [3.8, 4) is 5.75 Å². The molecule has 1 aromatic rings. The van der Waals surface area contributed by atoms with Crippen molar-refractivity contribution in [1.82, 2.24) is 4.90 Å². The minimum Gasteiger partial charge on any atom is -0.497 e. The quantitative estimate of drug-likeness (QED) is 0.912. The highest BCUT2D eigenvalue weighted by Gasteiger charge is 2.25. The molecule has 0 bridgehead atoms. The van der Waals surface area contributed by atoms with E-state index in [1.807, 2.05) is 17.0 Å². The Morgan fingerprint density at radius 1 is 1.30 bits per heavy atom. The number of nitrogens with zero attached hydrogens (tertiary/aromatic N) is 2. The lowest BCUT2D eigenvalue weighted by Gasteiger charge is -2.34. The summed E-state index contributed by atoms with van der Waals surface area (Å²) in [6.07, 6.45) is 3.99. The highest BCUT2D eigenvalue weighted by Crippen LogP contribution is 2.30. The van der Waals surface area contributed by atoms with Crippen LogP contribution in [0.1, 0.15) is 24.8 Å². The lowest BCUT2D eigenvalue weighted by molar-refractivity contribution is -0.120. The van der Waals surface area contributed by atoms with Gasteiger partial charge in [0.25, 0.3) is 0 Å². The van der Waals surface area contributed by atoms with Gasteiger partial charge in [-0.05, 0) is 49.4 Å². The zero-order valence-corrected chi connectivity index (χ0v) is 14.5. The van der Waals surface area contributed by atoms with Gasteiger partial charge in [-0.2, -0.15) is 0 Å². The van der Waals surface area contributed by atoms with Gasteiger partial charge >= 0.3 is 0 Å². The Bertz CT molecular complexity index is 545. The van der Waals surface area contributed by atoms with Gasteiger partial charge in [-0.1, -0.05) is 0 Å². The van der Waals surface area contributed by atoms with E-state index < -0.39 is 0 Å². The molecule has 3 rings (SSSR count). The first-order valence-corrected chi connectivity index (χ1v) is 8.12. The number of ether oxygens (including phenoxy) is 1. The van der Waals surface area contributed by atoms with Crippen LogP contribution in [0.2, 0.25) is 0 Å². The van der Waals surface area contributed by atoms with Crippen LogP contribution in [0.15, 0.2) is 18.2 Å². The van der Waals surface area contributed by atoms with Gasteiger partial charge in [0.1, 0.15) is 5.75 Å². The summed E-state index contributed by atoms with van der Waals surface area (Å²) in [4.78, 5) is 16.8. The zero-order valence-electron chi connectivity index (χ0n) is 13.7. The van der Waals surface area contributed by atoms with Crippen LogP contribution in [0, 0.1) is 0 Å². The molecule has 1 fully saturated rings. The highest BCUT2D eigenvalue weighted by atomic mass is 35.5. The van der Waals surface area contributed by atoms with Gasteiger partial charge in [0, 0.05) is 31.4 Å². The van der Waals surface area contributed by atoms with Gasteiger partial charge < -0.3 is 15.4 Å². The largest absolute Gasteiger partial charge is 0.497 e. The summed E-state index contributed by atoms with van der Waals surface area (Å²) < 4.78 is 5.28. The molecule has 2 aliphatic rings. The fourth-order valence-electron chi connectivity index (χ4n) is 3.35. The maximum atomic E-state index is 12.7. The zero-order chi connectivity index (χ0) is 15.5. The van der Waals surface area contributed by atoms with E-state index in [9.17, 15) is 4.79 Å². The number of likely N-dealkylation sites (tertiary alicyclic amines) is 1. The average Bonchev–Trinajstić information content (AvgIpc) is 2.55. The molecule has 0 atom stereocenters. The molecule has 0 aliphatic carbocycles. The van der Waals surface area contributed by atoms with Crippen LogP contribution in [0.3, 0.4) is 0 Å². The van der Waals surface area contributed by atoms with Crippen molar-refractivity contribution < 1.29 is 9.53 Å². The van der Waals surface area contributed by atoms with Crippen LogP contribution in [-0.4, -0.2) is 50.1 Å². The standard InChI is InChI=1S/C17H25N3O2.ClH/c1-22-15-4-5-16-13(11-15)3-2-8-20(16)17(21)12-19-9-6-14(18)7-10-19;/h4-5,11,14H,2-3,6-10,12,18H2,1H3;1H. The number of carbonyl (C=O) groups is 1. The first-order valence-electron chi connectivity index (χ1n) is 8.12. The van der Waals surface area contributed by atoms with E-state index in [0.717, 1.165) is 56.8 Å². The second kappa shape index (κ2) is 7.99. The number of amides is 1. The number of aryl methyl sites for hydroxylation is 1. The van der Waals surface area contributed by atoms with E-state index in [-0.39, 0.29) is 18.3 Å². The number of hydrogen-bond acceptors (Lipinski definition) is 4. The molecular weight excluding hydrogens is 314 g/mol. The number of fused-ring (bicyclic) bond motifs is 1. The van der Waals surface area contributed by atoms with Gasteiger partial charge in [0.2, 0.25) is 5.91 Å². The van der Waals surface area contributed by atoms with Crippen LogP contribution in [0.5, 0.6) is 5.75 Å². The first-order chi connectivity index (χ1) is 10.7. The van der Waals surface area contributed by atoms with Crippen molar-refractivity contribution >= 4 is 24.0 Å². The molecule has 23 heavy (non-hydrogen) atoms. The molecular formula is C17H26ClN3O2. The van der Waals surface area contributed by atoms with Gasteiger partial charge in [0.05, 0.1) is 13.7 Å². The molecule has 2 N–H and O–H groups in total.